The molecule has 12 nitrogen and oxygen atoms in total. The van der Waals surface area contributed by atoms with Gasteiger partial charge in [0.25, 0.3) is 5.56 Å². The monoisotopic (exact) mass is 850 g/mol. The van der Waals surface area contributed by atoms with E-state index in [9.17, 15) is 19.5 Å². The molecule has 0 saturated carbocycles. The summed E-state index contributed by atoms with van der Waals surface area (Å²) >= 11 is 0. The molecule has 0 fully saturated rings. The third kappa shape index (κ3) is 4.21. The van der Waals surface area contributed by atoms with E-state index in [1.165, 1.54) is 0 Å². The molecule has 0 unspecified atom stereocenters. The van der Waals surface area contributed by atoms with Crippen molar-refractivity contribution in [2.45, 2.75) is 45.2 Å². The van der Waals surface area contributed by atoms with Crippen LogP contribution in [0.25, 0.3) is 27.6 Å². The Labute approximate surface area is 245 Å². The van der Waals surface area contributed by atoms with E-state index in [1.54, 1.807) is 29.7 Å². The Balaban J connectivity index is 0.00000343. The van der Waals surface area contributed by atoms with Crippen molar-refractivity contribution in [3.05, 3.63) is 86.0 Å². The minimum Gasteiger partial charge on any atom is -0.614 e. The molecule has 0 radical (unpaired) electrons. The first-order valence-electron chi connectivity index (χ1n) is 13.8. The smallest absolute Gasteiger partial charge is 0.343 e. The number of nitrogens with zero attached hydrogens (tertiary/aromatic N) is 3. The number of amides is 1. The van der Waals surface area contributed by atoms with Gasteiger partial charge in [-0.1, -0.05) is 25.6 Å². The summed E-state index contributed by atoms with van der Waals surface area (Å²) in [6.07, 6.45) is -0.696. The zero-order valence-corrected chi connectivity index (χ0v) is 30.5. The number of nitrogens with one attached hydrogen (secondary N) is 1. The van der Waals surface area contributed by atoms with Crippen LogP contribution in [0.4, 0.5) is 10.5 Å². The number of esters is 1. The molecule has 0 bridgehead atoms. The predicted octanol–water partition coefficient (Wildman–Crippen LogP) is 4.06. The van der Waals surface area contributed by atoms with Gasteiger partial charge in [-0.25, -0.2) is 9.78 Å². The van der Waals surface area contributed by atoms with Crippen LogP contribution in [-0.2, 0) is 46.2 Å². The van der Waals surface area contributed by atoms with E-state index in [2.05, 4.69) is 10.6 Å². The summed E-state index contributed by atoms with van der Waals surface area (Å²) in [6, 6.07) is 12.7. The zero-order chi connectivity index (χ0) is 29.9. The van der Waals surface area contributed by atoms with Gasteiger partial charge in [0.05, 0.1) is 29.0 Å². The first-order valence-corrected chi connectivity index (χ1v) is 13.8. The number of aliphatic hydroxyl groups is 1. The first kappa shape index (κ1) is 28.0. The number of fused-ring (bicyclic) bond motifs is 6. The van der Waals surface area contributed by atoms with E-state index in [1.807, 2.05) is 31.3 Å². The molecule has 3 aliphatic heterocycles. The summed E-state index contributed by atoms with van der Waals surface area (Å²) in [5.41, 5.74) is 2.75. The molecule has 44 heavy (non-hydrogen) atoms. The normalized spacial score (nSPS) is 17.2. The Morgan fingerprint density at radius 3 is 2.59 bits per heavy atom. The topological polar surface area (TPSA) is 152 Å². The summed E-state index contributed by atoms with van der Waals surface area (Å²) in [4.78, 5) is 43.8. The van der Waals surface area contributed by atoms with Crippen molar-refractivity contribution in [3.8, 4) is 22.9 Å². The molecule has 0 spiro atoms. The van der Waals surface area contributed by atoms with Gasteiger partial charge in [0.1, 0.15) is 13.2 Å². The maximum absolute atomic E-state index is 13.7. The molecule has 3 aliphatic rings. The number of ether oxygens (including phenoxy) is 4. The second-order valence-corrected chi connectivity index (χ2v) is 10.6. The minimum atomic E-state index is -1.94. The SMILES string of the molecule is CC[C@@]1(O)C(=O)OCc2c1cc1n(c2=O)Cc2c-1nc1cc3c(cc1c2C[N-]C(=O)OCc1ccc(NC)cc1)OCO3.[Rf]. The fourth-order valence-electron chi connectivity index (χ4n) is 5.83. The third-order valence-corrected chi connectivity index (χ3v) is 8.27. The minimum absolute atomic E-state index is 0. The van der Waals surface area contributed by atoms with Gasteiger partial charge in [0.15, 0.2) is 17.1 Å². The first-order chi connectivity index (χ1) is 20.8. The van der Waals surface area contributed by atoms with Crippen LogP contribution < -0.4 is 20.3 Å². The van der Waals surface area contributed by atoms with Crippen molar-refractivity contribution in [2.75, 3.05) is 19.2 Å². The summed E-state index contributed by atoms with van der Waals surface area (Å²) < 4.78 is 23.3. The standard InChI is InChI=1S/C31H28N4O8.Rf/c1-3-31(39)22-9-24-27-20(12-35(24)28(36)21(22)14-40-29(31)37)19(18-8-25-26(43-15-42-25)10-23(18)34-27)11-33-30(38)41-13-16-4-6-17(32-2)7-5-16;/h4-10,32,39H,3,11-15H2,1-2H3,(H,33,38);/p-1/t31-;/m0./s1. The van der Waals surface area contributed by atoms with Gasteiger partial charge >= 0.3 is 5.97 Å². The van der Waals surface area contributed by atoms with Crippen molar-refractivity contribution in [1.29, 1.82) is 0 Å². The molecule has 2 aromatic carbocycles. The summed E-state index contributed by atoms with van der Waals surface area (Å²) in [6.45, 7) is 1.68. The van der Waals surface area contributed by atoms with Gasteiger partial charge < -0.3 is 39.3 Å². The maximum Gasteiger partial charge on any atom is 0.343 e. The summed E-state index contributed by atoms with van der Waals surface area (Å²) in [7, 11) is 1.82. The number of pyridine rings is 2. The van der Waals surface area contributed by atoms with Crippen molar-refractivity contribution in [2.24, 2.45) is 0 Å². The fourth-order valence-corrected chi connectivity index (χ4v) is 5.83. The molecule has 2 N–H and O–H groups in total. The Morgan fingerprint density at radius 1 is 1.11 bits per heavy atom. The van der Waals surface area contributed by atoms with Crippen LogP contribution in [-0.4, -0.2) is 40.6 Å². The maximum atomic E-state index is 13.7. The Morgan fingerprint density at radius 2 is 1.86 bits per heavy atom. The van der Waals surface area contributed by atoms with Crippen LogP contribution in [0.2, 0.25) is 0 Å². The van der Waals surface area contributed by atoms with Crippen molar-refractivity contribution < 1.29 is 33.6 Å². The largest absolute Gasteiger partial charge is 0.614 e. The van der Waals surface area contributed by atoms with E-state index < -0.39 is 17.7 Å². The molecule has 0 saturated heterocycles. The van der Waals surface area contributed by atoms with Gasteiger partial charge in [-0.2, -0.15) is 0 Å². The molecule has 5 heterocycles. The summed E-state index contributed by atoms with van der Waals surface area (Å²) in [5.74, 6) is 0.269. The van der Waals surface area contributed by atoms with Crippen LogP contribution in [0.3, 0.4) is 0 Å². The molecule has 1 atom stereocenters. The summed E-state index contributed by atoms with van der Waals surface area (Å²) in [5, 5.41) is 19.1. The van der Waals surface area contributed by atoms with Gasteiger partial charge in [-0.05, 0) is 41.8 Å². The quantitative estimate of drug-likeness (QED) is 0.240. The zero-order valence-electron chi connectivity index (χ0n) is 24.1. The van der Waals surface area contributed by atoms with E-state index in [4.69, 9.17) is 23.9 Å². The van der Waals surface area contributed by atoms with E-state index >= 15 is 0 Å². The van der Waals surface area contributed by atoms with Crippen molar-refractivity contribution in [3.63, 3.8) is 0 Å². The number of aromatic nitrogens is 2. The van der Waals surface area contributed by atoms with Crippen LogP contribution in [0.5, 0.6) is 11.5 Å². The van der Waals surface area contributed by atoms with Crippen LogP contribution >= 0.6 is 0 Å². The predicted molar refractivity (Wildman–Crippen MR) is 154 cm³/mol. The van der Waals surface area contributed by atoms with E-state index in [0.717, 1.165) is 11.3 Å². The molecule has 1 amide bonds. The van der Waals surface area contributed by atoms with E-state index in [0.29, 0.717) is 44.9 Å². The van der Waals surface area contributed by atoms with Gasteiger partial charge in [-0.15, -0.1) is 0 Å². The Kier molecular flexibility index (Phi) is 6.57. The molecule has 4 aromatic rings. The average Bonchev–Trinajstić information content (AvgIpc) is 3.64. The van der Waals surface area contributed by atoms with Gasteiger partial charge in [0, 0.05) is 35.3 Å². The number of cyclic esters (lactones) is 1. The molecular weight excluding hydrogens is 823 g/mol. The van der Waals surface area contributed by atoms with Crippen LogP contribution in [0.1, 0.15) is 41.2 Å². The van der Waals surface area contributed by atoms with Gasteiger partial charge in [-0.3, -0.25) is 9.59 Å². The number of carbonyl (C=O) groups is 2. The molecule has 2 aromatic heterocycles. The second-order valence-electron chi connectivity index (χ2n) is 10.6. The van der Waals surface area contributed by atoms with Crippen molar-refractivity contribution >= 4 is 28.7 Å². The number of rotatable bonds is 6. The van der Waals surface area contributed by atoms with Gasteiger partial charge in [0.2, 0.25) is 12.9 Å². The molecular formula is C31H27N4O8Rf-. The number of hydrogen-bond donors (Lipinski definition) is 2. The Bertz CT molecular complexity index is 1890. The number of anilines is 1. The molecule has 7 rings (SSSR count). The van der Waals surface area contributed by atoms with E-state index in [-0.39, 0.29) is 56.2 Å². The van der Waals surface area contributed by atoms with Crippen molar-refractivity contribution in [1.82, 2.24) is 9.55 Å². The molecule has 0 aliphatic carbocycles. The number of carbonyl (C=O) groups excluding carboxylic acids is 2. The third-order valence-electron chi connectivity index (χ3n) is 8.27. The Hall–Kier alpha value is -6.10. The molecule has 222 valence electrons. The van der Waals surface area contributed by atoms with Crippen LogP contribution in [0, 0.1) is 0 Å². The number of benzene rings is 2. The second kappa shape index (κ2) is 10.3. The number of hydrogen-bond acceptors (Lipinski definition) is 10. The van der Waals surface area contributed by atoms with Crippen LogP contribution in [0.15, 0.2) is 47.3 Å². The average molecular weight is 851 g/mol. The molecule has 13 heteroatoms. The fraction of sp³-hybridized carbons (Fsp3) is 0.290.